The van der Waals surface area contributed by atoms with Gasteiger partial charge < -0.3 is 5.43 Å². The van der Waals surface area contributed by atoms with Crippen LogP contribution >= 0.6 is 0 Å². The van der Waals surface area contributed by atoms with Crippen molar-refractivity contribution >= 4 is 16.7 Å². The lowest BCUT2D eigenvalue weighted by atomic mass is 10.0. The highest BCUT2D eigenvalue weighted by Gasteiger charge is 2.11. The number of hydrazine groups is 1. The number of nitrogens with two attached hydrogens (primary N) is 1. The summed E-state index contributed by atoms with van der Waals surface area (Å²) in [7, 11) is 0. The first-order valence-corrected chi connectivity index (χ1v) is 5.94. The maximum atomic E-state index is 5.50. The number of benzene rings is 1. The van der Waals surface area contributed by atoms with Gasteiger partial charge in [-0.2, -0.15) is 0 Å². The van der Waals surface area contributed by atoms with Crippen molar-refractivity contribution < 1.29 is 0 Å². The van der Waals surface area contributed by atoms with Gasteiger partial charge >= 0.3 is 0 Å². The molecular formula is C14H13N5. The fourth-order valence-corrected chi connectivity index (χ4v) is 2.14. The van der Waals surface area contributed by atoms with E-state index in [9.17, 15) is 0 Å². The minimum atomic E-state index is 0.554. The third kappa shape index (κ3) is 2.00. The zero-order chi connectivity index (χ0) is 13.2. The lowest BCUT2D eigenvalue weighted by Gasteiger charge is -2.10. The summed E-state index contributed by atoms with van der Waals surface area (Å²) in [6.07, 6.45) is 3.26. The van der Waals surface area contributed by atoms with Crippen molar-refractivity contribution in [2.75, 3.05) is 5.43 Å². The van der Waals surface area contributed by atoms with Crippen LogP contribution in [0.15, 0.2) is 42.7 Å². The van der Waals surface area contributed by atoms with Gasteiger partial charge in [0.1, 0.15) is 5.69 Å². The molecule has 0 atom stereocenters. The Hall–Kier alpha value is -2.53. The van der Waals surface area contributed by atoms with E-state index in [1.807, 2.05) is 37.3 Å². The number of nitrogen functional groups attached to an aromatic ring is 1. The van der Waals surface area contributed by atoms with Crippen LogP contribution in [0.1, 0.15) is 5.69 Å². The number of rotatable bonds is 2. The smallest absolute Gasteiger partial charge is 0.166 e. The molecule has 0 radical (unpaired) electrons. The Balaban J connectivity index is 2.36. The second-order valence-electron chi connectivity index (χ2n) is 4.23. The molecule has 0 fully saturated rings. The van der Waals surface area contributed by atoms with Gasteiger partial charge in [-0.15, -0.1) is 0 Å². The van der Waals surface area contributed by atoms with Crippen LogP contribution in [0, 0.1) is 6.92 Å². The Labute approximate surface area is 110 Å². The largest absolute Gasteiger partial charge is 0.307 e. The third-order valence-corrected chi connectivity index (χ3v) is 2.93. The van der Waals surface area contributed by atoms with E-state index in [-0.39, 0.29) is 0 Å². The van der Waals surface area contributed by atoms with Gasteiger partial charge in [0.05, 0.1) is 5.52 Å². The quantitative estimate of drug-likeness (QED) is 0.539. The number of aromatic nitrogens is 3. The highest BCUT2D eigenvalue weighted by Crippen LogP contribution is 2.30. The van der Waals surface area contributed by atoms with E-state index in [1.165, 1.54) is 0 Å². The van der Waals surface area contributed by atoms with Crippen LogP contribution in [0.4, 0.5) is 5.82 Å². The normalized spacial score (nSPS) is 10.6. The predicted octanol–water partition coefficient (Wildman–Crippen LogP) is 2.29. The molecule has 0 spiro atoms. The lowest BCUT2D eigenvalue weighted by Crippen LogP contribution is -2.10. The van der Waals surface area contributed by atoms with E-state index in [0.717, 1.165) is 27.9 Å². The standard InChI is InChI=1S/C14H13N5/c1-9-8-11(10-4-2-3-5-12(10)18-9)13-14(19-15)17-7-6-16-13/h2-8H,15H2,1H3,(H,17,19). The van der Waals surface area contributed by atoms with Gasteiger partial charge in [-0.25, -0.2) is 10.8 Å². The average molecular weight is 251 g/mol. The second kappa shape index (κ2) is 4.62. The first-order valence-electron chi connectivity index (χ1n) is 5.94. The van der Waals surface area contributed by atoms with Crippen molar-refractivity contribution in [3.8, 4) is 11.3 Å². The molecule has 3 N–H and O–H groups in total. The molecule has 1 aromatic carbocycles. The molecule has 5 nitrogen and oxygen atoms in total. The maximum Gasteiger partial charge on any atom is 0.166 e. The van der Waals surface area contributed by atoms with Crippen LogP contribution in [0.5, 0.6) is 0 Å². The Morgan fingerprint density at radius 1 is 1.11 bits per heavy atom. The summed E-state index contributed by atoms with van der Waals surface area (Å²) in [5.74, 6) is 6.06. The molecule has 94 valence electrons. The molecule has 0 bridgehead atoms. The molecule has 3 rings (SSSR count). The van der Waals surface area contributed by atoms with Gasteiger partial charge in [0.25, 0.3) is 0 Å². The molecule has 0 aliphatic carbocycles. The van der Waals surface area contributed by atoms with E-state index >= 15 is 0 Å². The summed E-state index contributed by atoms with van der Waals surface area (Å²) >= 11 is 0. The highest BCUT2D eigenvalue weighted by molar-refractivity contribution is 5.95. The van der Waals surface area contributed by atoms with Crippen molar-refractivity contribution in [3.63, 3.8) is 0 Å². The summed E-state index contributed by atoms with van der Waals surface area (Å²) in [5.41, 5.74) is 6.16. The van der Waals surface area contributed by atoms with E-state index in [4.69, 9.17) is 5.84 Å². The lowest BCUT2D eigenvalue weighted by molar-refractivity contribution is 1.16. The fraction of sp³-hybridized carbons (Fsp3) is 0.0714. The summed E-state index contributed by atoms with van der Waals surface area (Å²) < 4.78 is 0. The van der Waals surface area contributed by atoms with Gasteiger partial charge in [0.2, 0.25) is 0 Å². The third-order valence-electron chi connectivity index (χ3n) is 2.93. The van der Waals surface area contributed by atoms with Crippen molar-refractivity contribution in [1.82, 2.24) is 15.0 Å². The first kappa shape index (κ1) is 11.6. The molecule has 3 aromatic rings. The molecule has 0 aliphatic heterocycles. The Morgan fingerprint density at radius 2 is 1.89 bits per heavy atom. The molecule has 19 heavy (non-hydrogen) atoms. The summed E-state index contributed by atoms with van der Waals surface area (Å²) in [5, 5.41) is 1.03. The fourth-order valence-electron chi connectivity index (χ4n) is 2.14. The molecule has 0 aliphatic rings. The van der Waals surface area contributed by atoms with Crippen molar-refractivity contribution in [3.05, 3.63) is 48.4 Å². The second-order valence-corrected chi connectivity index (χ2v) is 4.23. The van der Waals surface area contributed by atoms with Gasteiger partial charge in [-0.3, -0.25) is 9.97 Å². The van der Waals surface area contributed by atoms with E-state index in [1.54, 1.807) is 12.4 Å². The molecular weight excluding hydrogens is 238 g/mol. The van der Waals surface area contributed by atoms with Crippen LogP contribution in [-0.2, 0) is 0 Å². The number of hydrogen-bond donors (Lipinski definition) is 2. The summed E-state index contributed by atoms with van der Waals surface area (Å²) in [4.78, 5) is 13.1. The van der Waals surface area contributed by atoms with Crippen LogP contribution in [-0.4, -0.2) is 15.0 Å². The number of nitrogens with one attached hydrogen (secondary N) is 1. The number of pyridine rings is 1. The average Bonchev–Trinajstić information content (AvgIpc) is 2.46. The Bertz CT molecular complexity index is 739. The van der Waals surface area contributed by atoms with Crippen LogP contribution < -0.4 is 11.3 Å². The first-order chi connectivity index (χ1) is 9.29. The summed E-state index contributed by atoms with van der Waals surface area (Å²) in [6, 6.07) is 9.95. The molecule has 0 amide bonds. The molecule has 2 aromatic heterocycles. The predicted molar refractivity (Wildman–Crippen MR) is 75.3 cm³/mol. The van der Waals surface area contributed by atoms with E-state index in [0.29, 0.717) is 5.82 Å². The number of fused-ring (bicyclic) bond motifs is 1. The Morgan fingerprint density at radius 3 is 2.74 bits per heavy atom. The van der Waals surface area contributed by atoms with E-state index < -0.39 is 0 Å². The zero-order valence-electron chi connectivity index (χ0n) is 10.5. The number of anilines is 1. The van der Waals surface area contributed by atoms with Crippen LogP contribution in [0.2, 0.25) is 0 Å². The minimum absolute atomic E-state index is 0.554. The minimum Gasteiger partial charge on any atom is -0.307 e. The Kier molecular flexibility index (Phi) is 2.81. The topological polar surface area (TPSA) is 76.7 Å². The van der Waals surface area contributed by atoms with Crippen LogP contribution in [0.25, 0.3) is 22.2 Å². The van der Waals surface area contributed by atoms with Gasteiger partial charge in [0.15, 0.2) is 5.82 Å². The molecule has 0 saturated carbocycles. The number of para-hydroxylation sites is 1. The summed E-state index contributed by atoms with van der Waals surface area (Å²) in [6.45, 7) is 1.96. The number of hydrogen-bond acceptors (Lipinski definition) is 5. The van der Waals surface area contributed by atoms with E-state index in [2.05, 4.69) is 20.4 Å². The van der Waals surface area contributed by atoms with Crippen LogP contribution in [0.3, 0.4) is 0 Å². The molecule has 2 heterocycles. The zero-order valence-corrected chi connectivity index (χ0v) is 10.5. The number of nitrogens with zero attached hydrogens (tertiary/aromatic N) is 3. The SMILES string of the molecule is Cc1cc(-c2nccnc2NN)c2ccccc2n1. The van der Waals surface area contributed by atoms with Gasteiger partial charge in [0, 0.05) is 29.0 Å². The highest BCUT2D eigenvalue weighted by atomic mass is 15.3. The maximum absolute atomic E-state index is 5.50. The molecule has 0 saturated heterocycles. The molecule has 5 heteroatoms. The van der Waals surface area contributed by atoms with Gasteiger partial charge in [-0.1, -0.05) is 18.2 Å². The monoisotopic (exact) mass is 251 g/mol. The van der Waals surface area contributed by atoms with Crippen molar-refractivity contribution in [2.24, 2.45) is 5.84 Å². The molecule has 0 unspecified atom stereocenters. The van der Waals surface area contributed by atoms with Crippen molar-refractivity contribution in [2.45, 2.75) is 6.92 Å². The number of aryl methyl sites for hydroxylation is 1. The van der Waals surface area contributed by atoms with Gasteiger partial charge in [-0.05, 0) is 19.1 Å². The van der Waals surface area contributed by atoms with Crippen molar-refractivity contribution in [1.29, 1.82) is 0 Å².